The summed E-state index contributed by atoms with van der Waals surface area (Å²) in [5.41, 5.74) is 1.55. The Balaban J connectivity index is 0.000000437. The van der Waals surface area contributed by atoms with Gasteiger partial charge < -0.3 is 0 Å². The number of nitrogens with zero attached hydrogens (tertiary/aromatic N) is 2. The van der Waals surface area contributed by atoms with Crippen molar-refractivity contribution in [3.63, 3.8) is 0 Å². The van der Waals surface area contributed by atoms with Gasteiger partial charge in [-0.2, -0.15) is 9.59 Å². The molecule has 0 radical (unpaired) electrons. The van der Waals surface area contributed by atoms with Gasteiger partial charge in [0.2, 0.25) is 0 Å². The summed E-state index contributed by atoms with van der Waals surface area (Å²) in [5.74, 6) is 0. The van der Waals surface area contributed by atoms with E-state index in [2.05, 4.69) is 46.6 Å². The van der Waals surface area contributed by atoms with Crippen LogP contribution in [-0.4, -0.2) is 28.1 Å². The predicted molar refractivity (Wildman–Crippen MR) is 68.7 cm³/mol. The molecule has 0 atom stereocenters. The lowest BCUT2D eigenvalue weighted by molar-refractivity contribution is -0.191. The SMILES string of the molecule is CCN1Cc2nc(Br)sc2CC1(C)C.O=C=O. The van der Waals surface area contributed by atoms with E-state index in [1.807, 2.05) is 0 Å². The lowest BCUT2D eigenvalue weighted by Gasteiger charge is -2.41. The van der Waals surface area contributed by atoms with Crippen LogP contribution >= 0.6 is 27.3 Å². The molecule has 2 heterocycles. The molecular weight excluding hydrogens is 304 g/mol. The molecule has 0 saturated heterocycles. The van der Waals surface area contributed by atoms with Crippen LogP contribution in [0.25, 0.3) is 0 Å². The highest BCUT2D eigenvalue weighted by atomic mass is 79.9. The maximum Gasteiger partial charge on any atom is 0.373 e. The van der Waals surface area contributed by atoms with Crippen molar-refractivity contribution < 1.29 is 9.59 Å². The number of aromatic nitrogens is 1. The van der Waals surface area contributed by atoms with Crippen molar-refractivity contribution >= 4 is 33.4 Å². The summed E-state index contributed by atoms with van der Waals surface area (Å²) < 4.78 is 1.02. The second kappa shape index (κ2) is 5.87. The van der Waals surface area contributed by atoms with Crippen molar-refractivity contribution in [2.24, 2.45) is 0 Å². The minimum Gasteiger partial charge on any atom is -0.292 e. The van der Waals surface area contributed by atoms with Gasteiger partial charge in [-0.3, -0.25) is 4.90 Å². The number of rotatable bonds is 1. The van der Waals surface area contributed by atoms with Gasteiger partial charge in [0, 0.05) is 23.4 Å². The van der Waals surface area contributed by atoms with Crippen molar-refractivity contribution in [1.82, 2.24) is 9.88 Å². The zero-order valence-electron chi connectivity index (χ0n) is 10.1. The monoisotopic (exact) mass is 318 g/mol. The zero-order chi connectivity index (χ0) is 13.1. The highest BCUT2D eigenvalue weighted by Crippen LogP contribution is 2.35. The Kier molecular flexibility index (Phi) is 5.01. The van der Waals surface area contributed by atoms with E-state index >= 15 is 0 Å². The Hall–Kier alpha value is -0.550. The molecule has 2 rings (SSSR count). The molecule has 6 heteroatoms. The molecule has 0 N–H and O–H groups in total. The van der Waals surface area contributed by atoms with Crippen LogP contribution in [-0.2, 0) is 22.6 Å². The van der Waals surface area contributed by atoms with Gasteiger partial charge >= 0.3 is 6.15 Å². The first kappa shape index (κ1) is 14.5. The van der Waals surface area contributed by atoms with E-state index < -0.39 is 0 Å². The fourth-order valence-electron chi connectivity index (χ4n) is 2.05. The van der Waals surface area contributed by atoms with Crippen molar-refractivity contribution in [3.05, 3.63) is 14.5 Å². The molecule has 94 valence electrons. The summed E-state index contributed by atoms with van der Waals surface area (Å²) in [4.78, 5) is 24.7. The van der Waals surface area contributed by atoms with E-state index in [0.29, 0.717) is 0 Å². The van der Waals surface area contributed by atoms with Crippen molar-refractivity contribution in [3.8, 4) is 0 Å². The molecule has 1 aromatic rings. The van der Waals surface area contributed by atoms with E-state index in [4.69, 9.17) is 9.59 Å². The van der Waals surface area contributed by atoms with Gasteiger partial charge in [-0.25, -0.2) is 4.98 Å². The van der Waals surface area contributed by atoms with Crippen LogP contribution in [0.1, 0.15) is 31.3 Å². The molecule has 1 aliphatic rings. The third kappa shape index (κ3) is 3.45. The molecule has 0 aromatic carbocycles. The molecule has 4 nitrogen and oxygen atoms in total. The minimum atomic E-state index is 0.250. The van der Waals surface area contributed by atoms with E-state index in [1.165, 1.54) is 10.6 Å². The fraction of sp³-hybridized carbons (Fsp3) is 0.636. The molecule has 0 amide bonds. The third-order valence-corrected chi connectivity index (χ3v) is 4.47. The Labute approximate surface area is 113 Å². The number of fused-ring (bicyclic) bond motifs is 1. The Morgan fingerprint density at radius 1 is 1.53 bits per heavy atom. The Morgan fingerprint density at radius 2 is 2.12 bits per heavy atom. The Bertz CT molecular complexity index is 425. The molecule has 0 spiro atoms. The topological polar surface area (TPSA) is 50.3 Å². The van der Waals surface area contributed by atoms with E-state index in [0.717, 1.165) is 23.4 Å². The van der Waals surface area contributed by atoms with Crippen LogP contribution in [0.4, 0.5) is 0 Å². The van der Waals surface area contributed by atoms with Crippen LogP contribution < -0.4 is 0 Å². The van der Waals surface area contributed by atoms with Crippen LogP contribution in [0.3, 0.4) is 0 Å². The first-order valence-corrected chi connectivity index (χ1v) is 6.94. The molecular formula is C11H15BrN2O2S. The van der Waals surface area contributed by atoms with Crippen LogP contribution in [0.5, 0.6) is 0 Å². The third-order valence-electron chi connectivity index (χ3n) is 2.92. The largest absolute Gasteiger partial charge is 0.373 e. The summed E-state index contributed by atoms with van der Waals surface area (Å²) in [7, 11) is 0. The van der Waals surface area contributed by atoms with Gasteiger partial charge in [-0.15, -0.1) is 11.3 Å². The molecule has 17 heavy (non-hydrogen) atoms. The number of hydrogen-bond acceptors (Lipinski definition) is 5. The van der Waals surface area contributed by atoms with Crippen molar-refractivity contribution in [2.45, 2.75) is 39.3 Å². The molecule has 1 aromatic heterocycles. The quantitative estimate of drug-likeness (QED) is 0.798. The average molecular weight is 319 g/mol. The summed E-state index contributed by atoms with van der Waals surface area (Å²) >= 11 is 5.24. The van der Waals surface area contributed by atoms with Crippen LogP contribution in [0.2, 0.25) is 0 Å². The highest BCUT2D eigenvalue weighted by molar-refractivity contribution is 9.11. The molecule has 1 aliphatic heterocycles. The number of carbonyl (C=O) groups excluding carboxylic acids is 2. The van der Waals surface area contributed by atoms with Crippen molar-refractivity contribution in [1.29, 1.82) is 0 Å². The molecule has 0 saturated carbocycles. The van der Waals surface area contributed by atoms with E-state index in [9.17, 15) is 0 Å². The van der Waals surface area contributed by atoms with Crippen LogP contribution in [0.15, 0.2) is 3.92 Å². The lowest BCUT2D eigenvalue weighted by atomic mass is 9.92. The molecule has 0 unspecified atom stereocenters. The fourth-order valence-corrected chi connectivity index (χ4v) is 3.87. The number of likely N-dealkylation sites (N-methyl/N-ethyl adjacent to an activating group) is 1. The second-order valence-corrected chi connectivity index (χ2v) is 6.78. The van der Waals surface area contributed by atoms with Crippen molar-refractivity contribution in [2.75, 3.05) is 6.54 Å². The van der Waals surface area contributed by atoms with Crippen LogP contribution in [0, 0.1) is 0 Å². The summed E-state index contributed by atoms with van der Waals surface area (Å²) in [6, 6.07) is 0. The van der Waals surface area contributed by atoms with Gasteiger partial charge in [-0.1, -0.05) is 6.92 Å². The van der Waals surface area contributed by atoms with Gasteiger partial charge in [-0.05, 0) is 36.3 Å². The maximum atomic E-state index is 8.12. The lowest BCUT2D eigenvalue weighted by Crippen LogP contribution is -2.47. The highest BCUT2D eigenvalue weighted by Gasteiger charge is 2.33. The summed E-state index contributed by atoms with van der Waals surface area (Å²) in [6.07, 6.45) is 1.37. The van der Waals surface area contributed by atoms with E-state index in [1.54, 1.807) is 11.3 Å². The number of hydrogen-bond donors (Lipinski definition) is 0. The number of halogens is 1. The maximum absolute atomic E-state index is 8.12. The summed E-state index contributed by atoms with van der Waals surface area (Å²) in [6.45, 7) is 8.94. The second-order valence-electron chi connectivity index (χ2n) is 4.42. The molecule has 0 aliphatic carbocycles. The predicted octanol–water partition coefficient (Wildman–Crippen LogP) is 2.48. The normalized spacial score (nSPS) is 17.6. The minimum absolute atomic E-state index is 0.250. The van der Waals surface area contributed by atoms with Gasteiger partial charge in [0.1, 0.15) is 0 Å². The smallest absolute Gasteiger partial charge is 0.292 e. The summed E-state index contributed by atoms with van der Waals surface area (Å²) in [5, 5.41) is 0. The molecule has 0 bridgehead atoms. The molecule has 0 fully saturated rings. The van der Waals surface area contributed by atoms with E-state index in [-0.39, 0.29) is 11.7 Å². The van der Waals surface area contributed by atoms with Gasteiger partial charge in [0.25, 0.3) is 0 Å². The van der Waals surface area contributed by atoms with Gasteiger partial charge in [0.15, 0.2) is 3.92 Å². The number of thiazole rings is 1. The van der Waals surface area contributed by atoms with Gasteiger partial charge in [0.05, 0.1) is 5.69 Å². The average Bonchev–Trinajstić information content (AvgIpc) is 2.55. The Morgan fingerprint density at radius 3 is 2.65 bits per heavy atom. The zero-order valence-corrected chi connectivity index (χ0v) is 12.5. The first-order chi connectivity index (χ1) is 7.94. The first-order valence-electron chi connectivity index (χ1n) is 5.33. The standard InChI is InChI=1S/C10H15BrN2S.CO2/c1-4-13-6-7-8(5-10(13,2)3)14-9(11)12-7;2-1-3/h4-6H2,1-3H3;.